The Morgan fingerprint density at radius 3 is 2.72 bits per heavy atom. The van der Waals surface area contributed by atoms with Crippen molar-refractivity contribution in [2.45, 2.75) is 39.0 Å². The van der Waals surface area contributed by atoms with Gasteiger partial charge < -0.3 is 0 Å². The maximum absolute atomic E-state index is 13.5. The van der Waals surface area contributed by atoms with Gasteiger partial charge in [-0.1, -0.05) is 19.1 Å². The van der Waals surface area contributed by atoms with Gasteiger partial charge in [-0.2, -0.15) is 5.26 Å². The molecule has 0 heterocycles. The first kappa shape index (κ1) is 13.5. The lowest BCUT2D eigenvalue weighted by molar-refractivity contribution is 0.218. The van der Waals surface area contributed by atoms with Gasteiger partial charge in [-0.25, -0.2) is 4.39 Å². The summed E-state index contributed by atoms with van der Waals surface area (Å²) in [5, 5.41) is 9.49. The van der Waals surface area contributed by atoms with Crippen molar-refractivity contribution in [1.29, 1.82) is 5.26 Å². The molecule has 0 amide bonds. The van der Waals surface area contributed by atoms with Crippen molar-refractivity contribution in [1.82, 2.24) is 0 Å². The number of hydrogen-bond donors (Lipinski definition) is 0. The molecule has 0 aromatic heterocycles. The smallest absolute Gasteiger partial charge is 0.137 e. The van der Waals surface area contributed by atoms with Crippen molar-refractivity contribution in [3.8, 4) is 6.07 Å². The standard InChI is InChI=1S/C15H17BrFN/c1-11-5-7-15(10-18,8-6-11)9-12-3-2-4-13(17)14(12)16/h2-4,11H,5-9H2,1H3. The lowest BCUT2D eigenvalue weighted by Crippen LogP contribution is -2.27. The van der Waals surface area contributed by atoms with Crippen LogP contribution in [0.4, 0.5) is 4.39 Å². The number of hydrogen-bond acceptors (Lipinski definition) is 1. The molecule has 1 saturated carbocycles. The Balaban J connectivity index is 2.21. The minimum absolute atomic E-state index is 0.246. The predicted molar refractivity (Wildman–Crippen MR) is 73.5 cm³/mol. The van der Waals surface area contributed by atoms with Crippen LogP contribution in [0.3, 0.4) is 0 Å². The van der Waals surface area contributed by atoms with Crippen LogP contribution in [0.25, 0.3) is 0 Å². The van der Waals surface area contributed by atoms with E-state index in [1.54, 1.807) is 6.07 Å². The zero-order valence-corrected chi connectivity index (χ0v) is 12.1. The average molecular weight is 310 g/mol. The maximum atomic E-state index is 13.5. The highest BCUT2D eigenvalue weighted by Gasteiger charge is 2.35. The summed E-state index contributed by atoms with van der Waals surface area (Å²) in [7, 11) is 0. The van der Waals surface area contributed by atoms with Gasteiger partial charge in [-0.3, -0.25) is 0 Å². The molecule has 1 aliphatic rings. The first-order valence-electron chi connectivity index (χ1n) is 6.40. The molecule has 0 atom stereocenters. The monoisotopic (exact) mass is 309 g/mol. The summed E-state index contributed by atoms with van der Waals surface area (Å²) in [4.78, 5) is 0. The second-order valence-corrected chi connectivity index (χ2v) is 6.26. The summed E-state index contributed by atoms with van der Waals surface area (Å²) in [6, 6.07) is 7.55. The Morgan fingerprint density at radius 2 is 2.11 bits per heavy atom. The SMILES string of the molecule is CC1CCC(C#N)(Cc2cccc(F)c2Br)CC1. The lowest BCUT2D eigenvalue weighted by Gasteiger charge is -2.34. The Bertz CT molecular complexity index is 470. The molecular weight excluding hydrogens is 293 g/mol. The van der Waals surface area contributed by atoms with Crippen molar-refractivity contribution in [3.05, 3.63) is 34.1 Å². The molecular formula is C15H17BrFN. The van der Waals surface area contributed by atoms with Gasteiger partial charge in [0.15, 0.2) is 0 Å². The summed E-state index contributed by atoms with van der Waals surface area (Å²) >= 11 is 3.29. The summed E-state index contributed by atoms with van der Waals surface area (Å²) in [5.41, 5.74) is 0.606. The third kappa shape index (κ3) is 2.75. The number of nitrogens with zero attached hydrogens (tertiary/aromatic N) is 1. The molecule has 96 valence electrons. The van der Waals surface area contributed by atoms with E-state index < -0.39 is 0 Å². The third-order valence-corrected chi connectivity index (χ3v) is 4.92. The van der Waals surface area contributed by atoms with E-state index in [4.69, 9.17) is 0 Å². The number of benzene rings is 1. The van der Waals surface area contributed by atoms with Gasteiger partial charge >= 0.3 is 0 Å². The van der Waals surface area contributed by atoms with Crippen LogP contribution in [0, 0.1) is 28.5 Å². The van der Waals surface area contributed by atoms with Crippen molar-refractivity contribution in [2.75, 3.05) is 0 Å². The van der Waals surface area contributed by atoms with Gasteiger partial charge in [-0.05, 0) is 65.6 Å². The molecule has 1 aromatic rings. The third-order valence-electron chi connectivity index (χ3n) is 4.03. The molecule has 0 N–H and O–H groups in total. The zero-order chi connectivity index (χ0) is 13.2. The summed E-state index contributed by atoms with van der Waals surface area (Å²) in [6.07, 6.45) is 4.69. The first-order chi connectivity index (χ1) is 8.56. The number of nitriles is 1. The number of rotatable bonds is 2. The highest BCUT2D eigenvalue weighted by atomic mass is 79.9. The van der Waals surface area contributed by atoms with E-state index in [-0.39, 0.29) is 11.2 Å². The van der Waals surface area contributed by atoms with E-state index in [2.05, 4.69) is 28.9 Å². The highest BCUT2D eigenvalue weighted by Crippen LogP contribution is 2.42. The molecule has 0 radical (unpaired) electrons. The first-order valence-corrected chi connectivity index (χ1v) is 7.20. The highest BCUT2D eigenvalue weighted by molar-refractivity contribution is 9.10. The second-order valence-electron chi connectivity index (χ2n) is 5.46. The van der Waals surface area contributed by atoms with E-state index in [9.17, 15) is 9.65 Å². The predicted octanol–water partition coefficient (Wildman–Crippen LogP) is 4.85. The van der Waals surface area contributed by atoms with Gasteiger partial charge in [-0.15, -0.1) is 0 Å². The molecule has 0 saturated heterocycles. The molecule has 0 spiro atoms. The van der Waals surface area contributed by atoms with Crippen molar-refractivity contribution in [2.24, 2.45) is 11.3 Å². The van der Waals surface area contributed by atoms with Gasteiger partial charge in [0.05, 0.1) is 16.0 Å². The van der Waals surface area contributed by atoms with Crippen LogP contribution >= 0.6 is 15.9 Å². The summed E-state index contributed by atoms with van der Waals surface area (Å²) in [6.45, 7) is 2.24. The van der Waals surface area contributed by atoms with E-state index in [0.29, 0.717) is 16.8 Å². The number of halogens is 2. The maximum Gasteiger partial charge on any atom is 0.137 e. The van der Waals surface area contributed by atoms with Gasteiger partial charge in [0.25, 0.3) is 0 Å². The molecule has 1 fully saturated rings. The van der Waals surface area contributed by atoms with E-state index in [1.807, 2.05) is 6.07 Å². The van der Waals surface area contributed by atoms with E-state index >= 15 is 0 Å². The molecule has 3 heteroatoms. The van der Waals surface area contributed by atoms with Crippen molar-refractivity contribution in [3.63, 3.8) is 0 Å². The van der Waals surface area contributed by atoms with Gasteiger partial charge in [0.1, 0.15) is 5.82 Å². The molecule has 0 bridgehead atoms. The second kappa shape index (κ2) is 5.40. The zero-order valence-electron chi connectivity index (χ0n) is 10.5. The van der Waals surface area contributed by atoms with Gasteiger partial charge in [0.2, 0.25) is 0 Å². The molecule has 1 nitrogen and oxygen atoms in total. The van der Waals surface area contributed by atoms with E-state index in [0.717, 1.165) is 31.2 Å². The Labute approximate surface area is 116 Å². The van der Waals surface area contributed by atoms with Crippen LogP contribution in [0.5, 0.6) is 0 Å². The molecule has 0 aliphatic heterocycles. The summed E-state index contributed by atoms with van der Waals surface area (Å²) < 4.78 is 14.0. The minimum atomic E-state index is -0.303. The van der Waals surface area contributed by atoms with Crippen LogP contribution in [0.2, 0.25) is 0 Å². The van der Waals surface area contributed by atoms with Crippen LogP contribution in [0.1, 0.15) is 38.2 Å². The van der Waals surface area contributed by atoms with Crippen LogP contribution < -0.4 is 0 Å². The largest absolute Gasteiger partial charge is 0.206 e. The Kier molecular flexibility index (Phi) is 4.07. The van der Waals surface area contributed by atoms with Crippen LogP contribution in [0.15, 0.2) is 22.7 Å². The van der Waals surface area contributed by atoms with E-state index in [1.165, 1.54) is 6.07 Å². The van der Waals surface area contributed by atoms with Crippen molar-refractivity contribution < 1.29 is 4.39 Å². The Hall–Kier alpha value is -0.880. The topological polar surface area (TPSA) is 23.8 Å². The molecule has 18 heavy (non-hydrogen) atoms. The molecule has 0 unspecified atom stereocenters. The molecule has 1 aliphatic carbocycles. The van der Waals surface area contributed by atoms with Crippen LogP contribution in [-0.4, -0.2) is 0 Å². The quantitative estimate of drug-likeness (QED) is 0.766. The minimum Gasteiger partial charge on any atom is -0.206 e. The van der Waals surface area contributed by atoms with Crippen molar-refractivity contribution >= 4 is 15.9 Å². The lowest BCUT2D eigenvalue weighted by atomic mass is 9.69. The fourth-order valence-electron chi connectivity index (χ4n) is 2.69. The molecule has 2 rings (SSSR count). The fourth-order valence-corrected chi connectivity index (χ4v) is 3.10. The Morgan fingerprint density at radius 1 is 1.44 bits per heavy atom. The van der Waals surface area contributed by atoms with Gasteiger partial charge in [0, 0.05) is 0 Å². The average Bonchev–Trinajstić information content (AvgIpc) is 2.38. The molecule has 1 aromatic carbocycles. The summed E-state index contributed by atoms with van der Waals surface area (Å²) in [5.74, 6) is 0.465. The fraction of sp³-hybridized carbons (Fsp3) is 0.533. The normalized spacial score (nSPS) is 27.8. The van der Waals surface area contributed by atoms with Crippen LogP contribution in [-0.2, 0) is 6.42 Å².